The summed E-state index contributed by atoms with van der Waals surface area (Å²) in [5.74, 6) is 0. The Hall–Kier alpha value is -0.600. The zero-order valence-electron chi connectivity index (χ0n) is 5.76. The molecule has 0 saturated carbocycles. The lowest BCUT2D eigenvalue weighted by molar-refractivity contribution is 0.985. The first-order valence-corrected chi connectivity index (χ1v) is 3.43. The largest absolute Gasteiger partial charge is 0.325 e. The van der Waals surface area contributed by atoms with E-state index in [0.29, 0.717) is 11.7 Å². The Labute approximate surface area is 65.0 Å². The molecule has 0 unspecified atom stereocenters. The van der Waals surface area contributed by atoms with Gasteiger partial charge in [0.2, 0.25) is 0 Å². The van der Waals surface area contributed by atoms with E-state index in [2.05, 4.69) is 4.98 Å². The summed E-state index contributed by atoms with van der Waals surface area (Å²) in [7, 11) is 0. The summed E-state index contributed by atoms with van der Waals surface area (Å²) in [5.41, 5.74) is 7.30. The molecule has 0 radical (unpaired) electrons. The maximum absolute atomic E-state index is 5.66. The van der Waals surface area contributed by atoms with Gasteiger partial charge in [0, 0.05) is 6.54 Å². The van der Waals surface area contributed by atoms with Crippen LogP contribution in [0.25, 0.3) is 0 Å². The summed E-state index contributed by atoms with van der Waals surface area (Å²) in [5, 5.41) is 0.514. The monoisotopic (exact) mass is 156 g/mol. The first-order chi connectivity index (χ1) is 4.72. The lowest BCUT2D eigenvalue weighted by Crippen LogP contribution is -1.99. The van der Waals surface area contributed by atoms with Crippen molar-refractivity contribution in [1.29, 1.82) is 0 Å². The highest BCUT2D eigenvalue weighted by atomic mass is 35.5. The molecule has 0 aliphatic rings. The van der Waals surface area contributed by atoms with Crippen LogP contribution in [0.5, 0.6) is 0 Å². The van der Waals surface area contributed by atoms with Crippen LogP contribution < -0.4 is 5.73 Å². The number of aromatic nitrogens is 1. The summed E-state index contributed by atoms with van der Waals surface area (Å²) in [6.45, 7) is 2.41. The van der Waals surface area contributed by atoms with Crippen molar-refractivity contribution in [3.63, 3.8) is 0 Å². The first kappa shape index (κ1) is 7.51. The highest BCUT2D eigenvalue weighted by Crippen LogP contribution is 2.08. The average Bonchev–Trinajstić information content (AvgIpc) is 1.85. The predicted molar refractivity (Wildman–Crippen MR) is 41.9 cm³/mol. The van der Waals surface area contributed by atoms with E-state index in [1.807, 2.05) is 13.0 Å². The van der Waals surface area contributed by atoms with Crippen molar-refractivity contribution in [2.75, 3.05) is 0 Å². The zero-order chi connectivity index (χ0) is 7.56. The molecule has 0 aliphatic heterocycles. The van der Waals surface area contributed by atoms with Crippen LogP contribution in [-0.2, 0) is 6.54 Å². The molecule has 54 valence electrons. The molecule has 2 nitrogen and oxygen atoms in total. The Morgan fingerprint density at radius 2 is 2.30 bits per heavy atom. The second-order valence-corrected chi connectivity index (χ2v) is 2.55. The molecule has 0 fully saturated rings. The lowest BCUT2D eigenvalue weighted by Gasteiger charge is -1.97. The van der Waals surface area contributed by atoms with Crippen molar-refractivity contribution in [2.24, 2.45) is 5.73 Å². The number of nitrogens with zero attached hydrogens (tertiary/aromatic N) is 1. The Balaban J connectivity index is 3.06. The van der Waals surface area contributed by atoms with Gasteiger partial charge in [-0.3, -0.25) is 0 Å². The van der Waals surface area contributed by atoms with Crippen molar-refractivity contribution in [2.45, 2.75) is 13.5 Å². The fourth-order valence-electron chi connectivity index (χ4n) is 0.799. The van der Waals surface area contributed by atoms with Crippen molar-refractivity contribution < 1.29 is 0 Å². The van der Waals surface area contributed by atoms with Crippen molar-refractivity contribution >= 4 is 11.6 Å². The van der Waals surface area contributed by atoms with Gasteiger partial charge in [-0.25, -0.2) is 4.98 Å². The lowest BCUT2D eigenvalue weighted by atomic mass is 10.2. The number of halogens is 1. The van der Waals surface area contributed by atoms with Crippen LogP contribution in [0, 0.1) is 6.92 Å². The molecule has 10 heavy (non-hydrogen) atoms. The highest BCUT2D eigenvalue weighted by molar-refractivity contribution is 6.29. The van der Waals surface area contributed by atoms with Gasteiger partial charge in [0.25, 0.3) is 0 Å². The van der Waals surface area contributed by atoms with Crippen LogP contribution in [0.3, 0.4) is 0 Å². The maximum atomic E-state index is 5.66. The average molecular weight is 157 g/mol. The summed E-state index contributed by atoms with van der Waals surface area (Å²) in [4.78, 5) is 3.99. The van der Waals surface area contributed by atoms with Crippen molar-refractivity contribution in [3.8, 4) is 0 Å². The second-order valence-electron chi connectivity index (χ2n) is 2.16. The molecule has 3 heteroatoms. The molecular weight excluding hydrogens is 148 g/mol. The van der Waals surface area contributed by atoms with Crippen LogP contribution in [0.15, 0.2) is 12.1 Å². The standard InChI is InChI=1S/C7H9ClN2/c1-5-2-6(4-9)10-7(8)3-5/h2-3H,4,9H2,1H3. The first-order valence-electron chi connectivity index (χ1n) is 3.05. The van der Waals surface area contributed by atoms with E-state index in [1.165, 1.54) is 0 Å². The number of hydrogen-bond acceptors (Lipinski definition) is 2. The minimum Gasteiger partial charge on any atom is -0.325 e. The van der Waals surface area contributed by atoms with Gasteiger partial charge in [0.1, 0.15) is 5.15 Å². The number of aryl methyl sites for hydroxylation is 1. The van der Waals surface area contributed by atoms with Gasteiger partial charge in [-0.2, -0.15) is 0 Å². The zero-order valence-corrected chi connectivity index (χ0v) is 6.52. The van der Waals surface area contributed by atoms with Gasteiger partial charge in [-0.05, 0) is 24.6 Å². The molecule has 2 N–H and O–H groups in total. The van der Waals surface area contributed by atoms with Crippen LogP contribution in [0.2, 0.25) is 5.15 Å². The minimum atomic E-state index is 0.446. The molecule has 0 atom stereocenters. The number of rotatable bonds is 1. The van der Waals surface area contributed by atoms with Crippen LogP contribution in [-0.4, -0.2) is 4.98 Å². The smallest absolute Gasteiger partial charge is 0.129 e. The number of hydrogen-bond donors (Lipinski definition) is 1. The van der Waals surface area contributed by atoms with Gasteiger partial charge >= 0.3 is 0 Å². The third-order valence-electron chi connectivity index (χ3n) is 1.20. The molecule has 0 amide bonds. The van der Waals surface area contributed by atoms with E-state index < -0.39 is 0 Å². The molecule has 1 aromatic rings. The summed E-state index contributed by atoms with van der Waals surface area (Å²) >= 11 is 5.66. The van der Waals surface area contributed by atoms with Gasteiger partial charge in [0.15, 0.2) is 0 Å². The fraction of sp³-hybridized carbons (Fsp3) is 0.286. The molecule has 0 bridgehead atoms. The number of pyridine rings is 1. The van der Waals surface area contributed by atoms with Crippen LogP contribution >= 0.6 is 11.6 Å². The highest BCUT2D eigenvalue weighted by Gasteiger charge is 1.94. The van der Waals surface area contributed by atoms with Crippen molar-refractivity contribution in [3.05, 3.63) is 28.5 Å². The summed E-state index contributed by atoms with van der Waals surface area (Å²) in [6.07, 6.45) is 0. The molecule has 1 rings (SSSR count). The van der Waals surface area contributed by atoms with E-state index >= 15 is 0 Å². The SMILES string of the molecule is Cc1cc(Cl)nc(CN)c1. The van der Waals surface area contributed by atoms with E-state index in [1.54, 1.807) is 6.07 Å². The van der Waals surface area contributed by atoms with E-state index in [9.17, 15) is 0 Å². The van der Waals surface area contributed by atoms with Gasteiger partial charge in [-0.1, -0.05) is 11.6 Å². The molecular formula is C7H9ClN2. The number of nitrogens with two attached hydrogens (primary N) is 1. The van der Waals surface area contributed by atoms with Crippen LogP contribution in [0.4, 0.5) is 0 Å². The van der Waals surface area contributed by atoms with E-state index in [0.717, 1.165) is 11.3 Å². The summed E-state index contributed by atoms with van der Waals surface area (Å²) < 4.78 is 0. The Morgan fingerprint density at radius 1 is 1.60 bits per heavy atom. The molecule has 0 spiro atoms. The predicted octanol–water partition coefficient (Wildman–Crippen LogP) is 1.50. The summed E-state index contributed by atoms with van der Waals surface area (Å²) in [6, 6.07) is 3.73. The molecule has 1 heterocycles. The van der Waals surface area contributed by atoms with Crippen LogP contribution in [0.1, 0.15) is 11.3 Å². The topological polar surface area (TPSA) is 38.9 Å². The fourth-order valence-corrected chi connectivity index (χ4v) is 1.08. The normalized spacial score (nSPS) is 9.90. The molecule has 0 aliphatic carbocycles. The third-order valence-corrected chi connectivity index (χ3v) is 1.39. The van der Waals surface area contributed by atoms with E-state index in [-0.39, 0.29) is 0 Å². The van der Waals surface area contributed by atoms with Crippen molar-refractivity contribution in [1.82, 2.24) is 4.98 Å². The van der Waals surface area contributed by atoms with E-state index in [4.69, 9.17) is 17.3 Å². The Kier molecular flexibility index (Phi) is 2.25. The molecule has 0 saturated heterocycles. The maximum Gasteiger partial charge on any atom is 0.129 e. The van der Waals surface area contributed by atoms with Gasteiger partial charge in [-0.15, -0.1) is 0 Å². The quantitative estimate of drug-likeness (QED) is 0.626. The minimum absolute atomic E-state index is 0.446. The van der Waals surface area contributed by atoms with Gasteiger partial charge in [0.05, 0.1) is 5.69 Å². The third kappa shape index (κ3) is 1.69. The second kappa shape index (κ2) is 2.99. The Morgan fingerprint density at radius 3 is 2.80 bits per heavy atom. The molecule has 1 aromatic heterocycles. The molecule has 0 aromatic carbocycles. The van der Waals surface area contributed by atoms with Gasteiger partial charge < -0.3 is 5.73 Å². The Bertz CT molecular complexity index is 215.